The van der Waals surface area contributed by atoms with Crippen LogP contribution in [-0.2, 0) is 13.1 Å². The lowest BCUT2D eigenvalue weighted by atomic mass is 9.91. The number of benzene rings is 1. The standard InChI is InChI=1S/C20H30N4O/c1-14-9-15(2)12-24(11-14)13-19-8-6-5-7-18(19)10-21-16(3)20-23-22-17(4)25-20/h5-8,14-16,21H,9-13H2,1-4H3. The van der Waals surface area contributed by atoms with Crippen LogP contribution in [-0.4, -0.2) is 28.2 Å². The van der Waals surface area contributed by atoms with E-state index in [4.69, 9.17) is 4.42 Å². The highest BCUT2D eigenvalue weighted by Gasteiger charge is 2.22. The molecule has 2 aromatic rings. The van der Waals surface area contributed by atoms with Crippen LogP contribution in [0, 0.1) is 18.8 Å². The number of hydrogen-bond acceptors (Lipinski definition) is 5. The van der Waals surface area contributed by atoms with E-state index in [1.807, 2.05) is 6.92 Å². The number of aromatic nitrogens is 2. The fourth-order valence-corrected chi connectivity index (χ4v) is 3.88. The molecule has 1 saturated heterocycles. The van der Waals surface area contributed by atoms with E-state index in [0.29, 0.717) is 11.8 Å². The summed E-state index contributed by atoms with van der Waals surface area (Å²) in [5, 5.41) is 11.5. The van der Waals surface area contributed by atoms with Gasteiger partial charge in [0.05, 0.1) is 6.04 Å². The molecule has 1 fully saturated rings. The Morgan fingerprint density at radius 1 is 1.16 bits per heavy atom. The normalized spacial score (nSPS) is 22.9. The molecule has 5 nitrogen and oxygen atoms in total. The topological polar surface area (TPSA) is 54.2 Å². The first-order chi connectivity index (χ1) is 12.0. The molecule has 0 amide bonds. The second-order valence-electron chi connectivity index (χ2n) is 7.67. The van der Waals surface area contributed by atoms with Crippen molar-refractivity contribution in [1.29, 1.82) is 0 Å². The third-order valence-corrected chi connectivity index (χ3v) is 4.97. The maximum Gasteiger partial charge on any atom is 0.233 e. The maximum atomic E-state index is 5.52. The molecule has 1 aromatic heterocycles. The summed E-state index contributed by atoms with van der Waals surface area (Å²) in [6.45, 7) is 12.8. The minimum absolute atomic E-state index is 0.0456. The van der Waals surface area contributed by atoms with Gasteiger partial charge in [0.15, 0.2) is 0 Å². The molecule has 0 aliphatic carbocycles. The van der Waals surface area contributed by atoms with Gasteiger partial charge in [-0.2, -0.15) is 0 Å². The first-order valence-corrected chi connectivity index (χ1v) is 9.33. The van der Waals surface area contributed by atoms with Gasteiger partial charge in [-0.25, -0.2) is 0 Å². The molecule has 1 N–H and O–H groups in total. The van der Waals surface area contributed by atoms with Gasteiger partial charge in [-0.3, -0.25) is 4.90 Å². The number of hydrogen-bond donors (Lipinski definition) is 1. The lowest BCUT2D eigenvalue weighted by Gasteiger charge is -2.35. The molecule has 0 spiro atoms. The highest BCUT2D eigenvalue weighted by molar-refractivity contribution is 5.27. The van der Waals surface area contributed by atoms with Crippen molar-refractivity contribution in [1.82, 2.24) is 20.4 Å². The van der Waals surface area contributed by atoms with Crippen LogP contribution in [0.2, 0.25) is 0 Å². The Bertz CT molecular complexity index is 674. The molecular weight excluding hydrogens is 312 g/mol. The summed E-state index contributed by atoms with van der Waals surface area (Å²) in [5.74, 6) is 2.83. The zero-order chi connectivity index (χ0) is 17.8. The Balaban J connectivity index is 1.62. The van der Waals surface area contributed by atoms with E-state index in [1.165, 1.54) is 30.6 Å². The van der Waals surface area contributed by atoms with Crippen molar-refractivity contribution >= 4 is 0 Å². The van der Waals surface area contributed by atoms with Crippen LogP contribution in [0.25, 0.3) is 0 Å². The molecule has 0 saturated carbocycles. The van der Waals surface area contributed by atoms with Gasteiger partial charge in [0.1, 0.15) is 0 Å². The Kier molecular flexibility index (Phi) is 5.86. The molecule has 3 atom stereocenters. The average Bonchev–Trinajstić information content (AvgIpc) is 2.99. The van der Waals surface area contributed by atoms with Gasteiger partial charge in [0.2, 0.25) is 11.8 Å². The lowest BCUT2D eigenvalue weighted by Crippen LogP contribution is -2.38. The van der Waals surface area contributed by atoms with Gasteiger partial charge in [0.25, 0.3) is 0 Å². The van der Waals surface area contributed by atoms with Gasteiger partial charge in [0, 0.05) is 33.1 Å². The summed E-state index contributed by atoms with van der Waals surface area (Å²) in [6, 6.07) is 8.77. The molecule has 1 aliphatic rings. The number of nitrogens with one attached hydrogen (secondary N) is 1. The number of likely N-dealkylation sites (tertiary alicyclic amines) is 1. The summed E-state index contributed by atoms with van der Waals surface area (Å²) in [4.78, 5) is 2.60. The van der Waals surface area contributed by atoms with Crippen LogP contribution in [0.3, 0.4) is 0 Å². The molecule has 3 rings (SSSR count). The van der Waals surface area contributed by atoms with Crippen molar-refractivity contribution in [3.8, 4) is 0 Å². The largest absolute Gasteiger partial charge is 0.424 e. The van der Waals surface area contributed by atoms with Crippen molar-refractivity contribution in [2.75, 3.05) is 13.1 Å². The van der Waals surface area contributed by atoms with E-state index >= 15 is 0 Å². The van der Waals surface area contributed by atoms with E-state index in [-0.39, 0.29) is 6.04 Å². The van der Waals surface area contributed by atoms with Crippen LogP contribution in [0.15, 0.2) is 28.7 Å². The molecule has 1 aromatic carbocycles. The Hall–Kier alpha value is -1.72. The number of rotatable bonds is 6. The van der Waals surface area contributed by atoms with Crippen molar-refractivity contribution in [3.05, 3.63) is 47.2 Å². The summed E-state index contributed by atoms with van der Waals surface area (Å²) >= 11 is 0. The van der Waals surface area contributed by atoms with Crippen LogP contribution in [0.4, 0.5) is 0 Å². The molecule has 0 bridgehead atoms. The molecule has 25 heavy (non-hydrogen) atoms. The molecule has 5 heteroatoms. The Morgan fingerprint density at radius 2 is 1.84 bits per heavy atom. The van der Waals surface area contributed by atoms with E-state index in [2.05, 4.69) is 65.5 Å². The van der Waals surface area contributed by atoms with Crippen molar-refractivity contribution < 1.29 is 4.42 Å². The predicted octanol–water partition coefficient (Wildman–Crippen LogP) is 3.71. The molecule has 3 unspecified atom stereocenters. The van der Waals surface area contributed by atoms with Crippen LogP contribution >= 0.6 is 0 Å². The zero-order valence-corrected chi connectivity index (χ0v) is 15.8. The number of nitrogens with zero attached hydrogens (tertiary/aromatic N) is 3. The first kappa shape index (κ1) is 18.1. The van der Waals surface area contributed by atoms with Gasteiger partial charge in [-0.05, 0) is 36.3 Å². The van der Waals surface area contributed by atoms with Crippen LogP contribution in [0.1, 0.15) is 56.1 Å². The molecule has 0 radical (unpaired) electrons. The van der Waals surface area contributed by atoms with Gasteiger partial charge >= 0.3 is 0 Å². The van der Waals surface area contributed by atoms with Gasteiger partial charge in [-0.1, -0.05) is 38.1 Å². The summed E-state index contributed by atoms with van der Waals surface area (Å²) in [5.41, 5.74) is 2.75. The summed E-state index contributed by atoms with van der Waals surface area (Å²) in [7, 11) is 0. The SMILES string of the molecule is Cc1nnc(C(C)NCc2ccccc2CN2CC(C)CC(C)C2)o1. The fraction of sp³-hybridized carbons (Fsp3) is 0.600. The monoisotopic (exact) mass is 342 g/mol. The average molecular weight is 342 g/mol. The number of aryl methyl sites for hydroxylation is 1. The van der Waals surface area contributed by atoms with Gasteiger partial charge < -0.3 is 9.73 Å². The second-order valence-corrected chi connectivity index (χ2v) is 7.67. The molecule has 2 heterocycles. The van der Waals surface area contributed by atoms with Crippen LogP contribution < -0.4 is 5.32 Å². The first-order valence-electron chi connectivity index (χ1n) is 9.33. The van der Waals surface area contributed by atoms with E-state index in [0.717, 1.165) is 24.9 Å². The van der Waals surface area contributed by atoms with Crippen LogP contribution in [0.5, 0.6) is 0 Å². The van der Waals surface area contributed by atoms with E-state index in [1.54, 1.807) is 0 Å². The van der Waals surface area contributed by atoms with Crippen molar-refractivity contribution in [2.24, 2.45) is 11.8 Å². The summed E-state index contributed by atoms with van der Waals surface area (Å²) < 4.78 is 5.52. The third kappa shape index (κ3) is 4.89. The third-order valence-electron chi connectivity index (χ3n) is 4.97. The lowest BCUT2D eigenvalue weighted by molar-refractivity contribution is 0.134. The molecule has 1 aliphatic heterocycles. The highest BCUT2D eigenvalue weighted by atomic mass is 16.4. The fourth-order valence-electron chi connectivity index (χ4n) is 3.88. The quantitative estimate of drug-likeness (QED) is 0.867. The molecular formula is C20H30N4O. The molecule has 136 valence electrons. The van der Waals surface area contributed by atoms with Crippen molar-refractivity contribution in [3.63, 3.8) is 0 Å². The highest BCUT2D eigenvalue weighted by Crippen LogP contribution is 2.23. The Morgan fingerprint density at radius 3 is 2.48 bits per heavy atom. The Labute approximate surface area is 150 Å². The maximum absolute atomic E-state index is 5.52. The predicted molar refractivity (Wildman–Crippen MR) is 99.0 cm³/mol. The zero-order valence-electron chi connectivity index (χ0n) is 15.8. The van der Waals surface area contributed by atoms with Crippen molar-refractivity contribution in [2.45, 2.75) is 53.2 Å². The van der Waals surface area contributed by atoms with E-state index in [9.17, 15) is 0 Å². The second kappa shape index (κ2) is 8.11. The number of piperidine rings is 1. The minimum atomic E-state index is 0.0456. The van der Waals surface area contributed by atoms with Gasteiger partial charge in [-0.15, -0.1) is 10.2 Å². The smallest absolute Gasteiger partial charge is 0.233 e. The van der Waals surface area contributed by atoms with E-state index < -0.39 is 0 Å². The minimum Gasteiger partial charge on any atom is -0.424 e. The summed E-state index contributed by atoms with van der Waals surface area (Å²) in [6.07, 6.45) is 1.35.